The molecule has 3 heteroatoms. The number of fused-ring (bicyclic) bond motifs is 12. The van der Waals surface area contributed by atoms with Crippen molar-refractivity contribution in [1.29, 1.82) is 0 Å². The number of nitrogens with zero attached hydrogens (tertiary/aromatic N) is 2. The number of benzene rings is 6. The molecule has 2 aliphatic rings. The first-order valence-electron chi connectivity index (χ1n) is 16.4. The van der Waals surface area contributed by atoms with E-state index in [1.165, 1.54) is 44.5 Å². The quantitative estimate of drug-likeness (QED) is 0.185. The molecule has 2 aromatic heterocycles. The first-order chi connectivity index (χ1) is 23.7. The summed E-state index contributed by atoms with van der Waals surface area (Å²) < 4.78 is 8.83. The average Bonchev–Trinajstić information content (AvgIpc) is 3.86. The highest BCUT2D eigenvalue weighted by atomic mass is 16.3. The predicted octanol–water partition coefficient (Wildman–Crippen LogP) is 11.4. The topological polar surface area (TPSA) is 31.0 Å². The SMILES string of the molecule is C=C(C=CC1=C(C)C2(c3ccccc31)c1ccccc1-c1c2ccc2c1oc1ccccc12)n1c(-c2ccccc2)nc2ccccc21. The normalized spacial score (nSPS) is 16.4. The third-order valence-electron chi connectivity index (χ3n) is 10.5. The molecule has 1 spiro atoms. The lowest BCUT2D eigenvalue weighted by molar-refractivity contribution is 0.669. The summed E-state index contributed by atoms with van der Waals surface area (Å²) in [7, 11) is 0. The van der Waals surface area contributed by atoms with Gasteiger partial charge in [-0.25, -0.2) is 4.98 Å². The zero-order valence-electron chi connectivity index (χ0n) is 26.4. The number of furan rings is 1. The van der Waals surface area contributed by atoms with Crippen LogP contribution >= 0.6 is 0 Å². The van der Waals surface area contributed by atoms with E-state index >= 15 is 0 Å². The fourth-order valence-corrected chi connectivity index (χ4v) is 8.45. The summed E-state index contributed by atoms with van der Waals surface area (Å²) >= 11 is 0. The monoisotopic (exact) mass is 614 g/mol. The van der Waals surface area contributed by atoms with Crippen molar-refractivity contribution in [3.8, 4) is 22.5 Å². The Morgan fingerprint density at radius 2 is 1.38 bits per heavy atom. The van der Waals surface area contributed by atoms with Crippen molar-refractivity contribution < 1.29 is 4.42 Å². The number of para-hydroxylation sites is 3. The lowest BCUT2D eigenvalue weighted by Crippen LogP contribution is -2.26. The second-order valence-electron chi connectivity index (χ2n) is 12.8. The van der Waals surface area contributed by atoms with Crippen LogP contribution in [0, 0.1) is 0 Å². The van der Waals surface area contributed by atoms with E-state index in [4.69, 9.17) is 9.40 Å². The summed E-state index contributed by atoms with van der Waals surface area (Å²) in [4.78, 5) is 5.03. The zero-order chi connectivity index (χ0) is 32.0. The van der Waals surface area contributed by atoms with Gasteiger partial charge in [0.1, 0.15) is 17.0 Å². The standard InChI is InChI=1S/C45H30N2O/c1-28(47-40-22-12-11-21-39(40)46-44(47)30-14-4-3-5-15-30)24-25-31-29(2)45(36-19-9-6-16-32(31)36)37-20-10-7-18-35(37)42-38(45)27-26-34-33-17-8-13-23-41(33)48-43(34)42/h3-27H,1H2,2H3. The molecule has 0 amide bonds. The van der Waals surface area contributed by atoms with Crippen LogP contribution < -0.4 is 0 Å². The fraction of sp³-hybridized carbons (Fsp3) is 0.0444. The van der Waals surface area contributed by atoms with E-state index in [2.05, 4.69) is 152 Å². The second-order valence-corrected chi connectivity index (χ2v) is 12.8. The smallest absolute Gasteiger partial charge is 0.145 e. The maximum absolute atomic E-state index is 6.66. The Balaban J connectivity index is 1.19. The van der Waals surface area contributed by atoms with Crippen LogP contribution in [0.25, 0.3) is 66.8 Å². The van der Waals surface area contributed by atoms with Gasteiger partial charge in [0.2, 0.25) is 0 Å². The van der Waals surface area contributed by atoms with Crippen molar-refractivity contribution in [3.63, 3.8) is 0 Å². The van der Waals surface area contributed by atoms with Crippen molar-refractivity contribution in [3.05, 3.63) is 186 Å². The molecule has 6 aromatic carbocycles. The Kier molecular flexibility index (Phi) is 5.57. The largest absolute Gasteiger partial charge is 0.455 e. The minimum absolute atomic E-state index is 0.437. The van der Waals surface area contributed by atoms with Gasteiger partial charge in [0.05, 0.1) is 16.4 Å². The molecule has 2 heterocycles. The first-order valence-corrected chi connectivity index (χ1v) is 16.4. The molecule has 10 rings (SSSR count). The van der Waals surface area contributed by atoms with Crippen LogP contribution in [0.15, 0.2) is 168 Å². The van der Waals surface area contributed by atoms with Crippen molar-refractivity contribution in [1.82, 2.24) is 9.55 Å². The van der Waals surface area contributed by atoms with Gasteiger partial charge < -0.3 is 4.42 Å². The molecule has 0 aliphatic heterocycles. The number of rotatable bonds is 4. The number of aromatic nitrogens is 2. The Hall–Kier alpha value is -6.19. The lowest BCUT2D eigenvalue weighted by Gasteiger charge is -2.31. The highest BCUT2D eigenvalue weighted by molar-refractivity contribution is 6.13. The Morgan fingerprint density at radius 3 is 2.23 bits per heavy atom. The lowest BCUT2D eigenvalue weighted by atomic mass is 9.70. The molecule has 2 aliphatic carbocycles. The van der Waals surface area contributed by atoms with E-state index in [0.717, 1.165) is 50.1 Å². The number of hydrogen-bond acceptors (Lipinski definition) is 2. The summed E-state index contributed by atoms with van der Waals surface area (Å²) in [5.74, 6) is 0.883. The molecule has 3 nitrogen and oxygen atoms in total. The molecule has 0 N–H and O–H groups in total. The number of allylic oxidation sites excluding steroid dienone is 5. The number of imidazole rings is 1. The minimum atomic E-state index is -0.437. The Labute approximate surface area is 278 Å². The van der Waals surface area contributed by atoms with Gasteiger partial charge in [-0.05, 0) is 70.2 Å². The van der Waals surface area contributed by atoms with E-state index in [1.807, 2.05) is 18.2 Å². The van der Waals surface area contributed by atoms with Crippen LogP contribution in [-0.2, 0) is 5.41 Å². The molecular formula is C45H30N2O. The van der Waals surface area contributed by atoms with Crippen LogP contribution in [0.1, 0.15) is 29.2 Å². The molecule has 0 fully saturated rings. The maximum atomic E-state index is 6.66. The summed E-state index contributed by atoms with van der Waals surface area (Å²) in [5, 5.41) is 2.30. The van der Waals surface area contributed by atoms with Crippen molar-refractivity contribution >= 4 is 44.2 Å². The minimum Gasteiger partial charge on any atom is -0.455 e. The molecule has 8 aromatic rings. The van der Waals surface area contributed by atoms with Crippen molar-refractivity contribution in [2.45, 2.75) is 12.3 Å². The van der Waals surface area contributed by atoms with Gasteiger partial charge in [-0.15, -0.1) is 0 Å². The van der Waals surface area contributed by atoms with E-state index in [9.17, 15) is 0 Å². The second kappa shape index (κ2) is 9.90. The highest BCUT2D eigenvalue weighted by Gasteiger charge is 2.51. The van der Waals surface area contributed by atoms with Gasteiger partial charge in [-0.1, -0.05) is 134 Å². The molecule has 226 valence electrons. The third-order valence-corrected chi connectivity index (χ3v) is 10.5. The summed E-state index contributed by atoms with van der Waals surface area (Å²) in [6, 6.07) is 49.3. The fourth-order valence-electron chi connectivity index (χ4n) is 8.45. The molecule has 0 saturated carbocycles. The van der Waals surface area contributed by atoms with Crippen LogP contribution in [0.2, 0.25) is 0 Å². The zero-order valence-corrected chi connectivity index (χ0v) is 26.4. The first kappa shape index (κ1) is 27.0. The number of hydrogen-bond donors (Lipinski definition) is 0. The van der Waals surface area contributed by atoms with Gasteiger partial charge in [0.25, 0.3) is 0 Å². The Morgan fingerprint density at radius 1 is 0.688 bits per heavy atom. The molecular weight excluding hydrogens is 585 g/mol. The van der Waals surface area contributed by atoms with Crippen molar-refractivity contribution in [2.24, 2.45) is 0 Å². The molecule has 0 saturated heterocycles. The molecule has 0 radical (unpaired) electrons. The predicted molar refractivity (Wildman–Crippen MR) is 198 cm³/mol. The Bertz CT molecular complexity index is 2700. The highest BCUT2D eigenvalue weighted by Crippen LogP contribution is 2.63. The van der Waals surface area contributed by atoms with Crippen molar-refractivity contribution in [2.75, 3.05) is 0 Å². The summed E-state index contributed by atoms with van der Waals surface area (Å²) in [5.41, 5.74) is 15.4. The van der Waals surface area contributed by atoms with Gasteiger partial charge >= 0.3 is 0 Å². The van der Waals surface area contributed by atoms with Crippen LogP contribution in [0.3, 0.4) is 0 Å². The van der Waals surface area contributed by atoms with Gasteiger partial charge in [0, 0.05) is 27.6 Å². The van der Waals surface area contributed by atoms with E-state index in [1.54, 1.807) is 0 Å². The van der Waals surface area contributed by atoms with Crippen LogP contribution in [-0.4, -0.2) is 9.55 Å². The van der Waals surface area contributed by atoms with Gasteiger partial charge in [0.15, 0.2) is 0 Å². The van der Waals surface area contributed by atoms with Crippen LogP contribution in [0.5, 0.6) is 0 Å². The molecule has 0 bridgehead atoms. The van der Waals surface area contributed by atoms with E-state index in [-0.39, 0.29) is 0 Å². The molecule has 1 atom stereocenters. The van der Waals surface area contributed by atoms with Gasteiger partial charge in [-0.2, -0.15) is 0 Å². The van der Waals surface area contributed by atoms with Gasteiger partial charge in [-0.3, -0.25) is 4.57 Å². The molecule has 1 unspecified atom stereocenters. The average molecular weight is 615 g/mol. The third kappa shape index (κ3) is 3.45. The maximum Gasteiger partial charge on any atom is 0.145 e. The molecule has 48 heavy (non-hydrogen) atoms. The van der Waals surface area contributed by atoms with E-state index in [0.29, 0.717) is 0 Å². The summed E-state index contributed by atoms with van der Waals surface area (Å²) in [6.07, 6.45) is 4.41. The van der Waals surface area contributed by atoms with E-state index < -0.39 is 5.41 Å². The van der Waals surface area contributed by atoms with Crippen LogP contribution in [0.4, 0.5) is 0 Å². The summed E-state index contributed by atoms with van der Waals surface area (Å²) in [6.45, 7) is 6.90.